The smallest absolute Gasteiger partial charge is 0.160 e. The van der Waals surface area contributed by atoms with E-state index >= 15 is 0 Å². The topological polar surface area (TPSA) is 59.3 Å². The number of aryl methyl sites for hydroxylation is 2. The second-order valence-electron chi connectivity index (χ2n) is 4.44. The number of anilines is 1. The Balaban J connectivity index is 2.04. The van der Waals surface area contributed by atoms with Crippen molar-refractivity contribution in [1.29, 1.82) is 0 Å². The number of nitrogens with one attached hydrogen (secondary N) is 1. The Morgan fingerprint density at radius 1 is 1.45 bits per heavy atom. The molecule has 2 aromatic rings. The summed E-state index contributed by atoms with van der Waals surface area (Å²) in [6, 6.07) is 5.17. The molecule has 2 N–H and O–H groups in total. The first-order chi connectivity index (χ1) is 9.63. The summed E-state index contributed by atoms with van der Waals surface area (Å²) < 4.78 is 18.9. The molecular formula is C14H18FN3O2. The molecule has 5 nitrogen and oxygen atoms in total. The van der Waals surface area contributed by atoms with Crippen molar-refractivity contribution in [3.05, 3.63) is 35.7 Å². The Morgan fingerprint density at radius 2 is 2.25 bits per heavy atom. The zero-order chi connectivity index (χ0) is 14.5. The van der Waals surface area contributed by atoms with Crippen LogP contribution in [0.4, 0.5) is 10.1 Å². The molecule has 0 amide bonds. The zero-order valence-electron chi connectivity index (χ0n) is 11.6. The van der Waals surface area contributed by atoms with Gasteiger partial charge in [-0.2, -0.15) is 5.10 Å². The Hall–Kier alpha value is -2.24. The summed E-state index contributed by atoms with van der Waals surface area (Å²) in [7, 11) is 1.51. The van der Waals surface area contributed by atoms with Crippen molar-refractivity contribution in [2.45, 2.75) is 20.0 Å². The maximum Gasteiger partial charge on any atom is 0.160 e. The van der Waals surface area contributed by atoms with Gasteiger partial charge in [0.05, 0.1) is 25.0 Å². The Morgan fingerprint density at radius 3 is 2.95 bits per heavy atom. The third-order valence-corrected chi connectivity index (χ3v) is 2.99. The Kier molecular flexibility index (Phi) is 4.45. The number of phenolic OH excluding ortho intramolecular Hbond substituents is 1. The molecule has 0 fully saturated rings. The summed E-state index contributed by atoms with van der Waals surface area (Å²) in [4.78, 5) is 0. The van der Waals surface area contributed by atoms with Gasteiger partial charge in [-0.25, -0.2) is 4.39 Å². The molecule has 0 saturated carbocycles. The Bertz CT molecular complexity index is 584. The predicted molar refractivity (Wildman–Crippen MR) is 74.9 cm³/mol. The van der Waals surface area contributed by atoms with Gasteiger partial charge < -0.3 is 15.2 Å². The lowest BCUT2D eigenvalue weighted by Gasteiger charge is -2.08. The number of aromatic nitrogens is 2. The molecule has 1 heterocycles. The van der Waals surface area contributed by atoms with E-state index in [1.165, 1.54) is 7.11 Å². The number of ether oxygens (including phenoxy) is 1. The fourth-order valence-corrected chi connectivity index (χ4v) is 1.92. The lowest BCUT2D eigenvalue weighted by atomic mass is 10.2. The summed E-state index contributed by atoms with van der Waals surface area (Å²) in [5, 5.41) is 17.0. The third kappa shape index (κ3) is 3.20. The van der Waals surface area contributed by atoms with Crippen LogP contribution in [0.2, 0.25) is 0 Å². The van der Waals surface area contributed by atoms with E-state index in [9.17, 15) is 9.50 Å². The van der Waals surface area contributed by atoms with Crippen LogP contribution >= 0.6 is 0 Å². The number of aromatic hydroxyl groups is 1. The molecular weight excluding hydrogens is 261 g/mol. The van der Waals surface area contributed by atoms with Crippen molar-refractivity contribution in [3.63, 3.8) is 0 Å². The van der Waals surface area contributed by atoms with Gasteiger partial charge in [-0.1, -0.05) is 6.07 Å². The predicted octanol–water partition coefficient (Wildman–Crippen LogP) is 2.49. The van der Waals surface area contributed by atoms with Gasteiger partial charge in [-0.05, 0) is 24.6 Å². The van der Waals surface area contributed by atoms with Crippen molar-refractivity contribution >= 4 is 5.69 Å². The van der Waals surface area contributed by atoms with Crippen molar-refractivity contribution in [3.8, 4) is 11.5 Å². The number of benzene rings is 1. The molecule has 2 rings (SSSR count). The molecule has 0 bridgehead atoms. The third-order valence-electron chi connectivity index (χ3n) is 2.99. The van der Waals surface area contributed by atoms with E-state index in [0.717, 1.165) is 16.9 Å². The molecule has 0 aliphatic rings. The zero-order valence-corrected chi connectivity index (χ0v) is 11.6. The number of phenols is 1. The summed E-state index contributed by atoms with van der Waals surface area (Å²) in [6.45, 7) is 2.26. The monoisotopic (exact) mass is 279 g/mol. The van der Waals surface area contributed by atoms with Gasteiger partial charge in [-0.3, -0.25) is 4.68 Å². The van der Waals surface area contributed by atoms with Crippen LogP contribution in [-0.4, -0.2) is 28.7 Å². The van der Waals surface area contributed by atoms with Crippen LogP contribution in [0.1, 0.15) is 11.3 Å². The van der Waals surface area contributed by atoms with E-state index in [0.29, 0.717) is 12.3 Å². The second-order valence-corrected chi connectivity index (χ2v) is 4.44. The number of halogens is 1. The second kappa shape index (κ2) is 6.27. The highest BCUT2D eigenvalue weighted by atomic mass is 19.1. The number of methoxy groups -OCH3 is 1. The van der Waals surface area contributed by atoms with Crippen LogP contribution < -0.4 is 10.1 Å². The minimum absolute atomic E-state index is 0.114. The first-order valence-corrected chi connectivity index (χ1v) is 6.34. The minimum atomic E-state index is -0.435. The van der Waals surface area contributed by atoms with Crippen LogP contribution in [0.15, 0.2) is 24.4 Å². The van der Waals surface area contributed by atoms with E-state index in [1.807, 2.05) is 13.0 Å². The molecule has 1 aromatic carbocycles. The Labute approximate surface area is 117 Å². The standard InChI is InChI=1S/C14H18FN3O2/c1-10-12(9-18(17-10)6-5-15)16-8-11-3-4-13(19)14(7-11)20-2/h3-4,7,9,16,19H,5-6,8H2,1-2H3. The van der Waals surface area contributed by atoms with Gasteiger partial charge in [0.25, 0.3) is 0 Å². The van der Waals surface area contributed by atoms with Gasteiger partial charge >= 0.3 is 0 Å². The van der Waals surface area contributed by atoms with Gasteiger partial charge in [0.2, 0.25) is 0 Å². The average Bonchev–Trinajstić information content (AvgIpc) is 2.78. The van der Waals surface area contributed by atoms with E-state index in [4.69, 9.17) is 4.74 Å². The molecule has 0 saturated heterocycles. The first kappa shape index (κ1) is 14.2. The number of rotatable bonds is 6. The molecule has 6 heteroatoms. The van der Waals surface area contributed by atoms with Crippen molar-refractivity contribution in [2.24, 2.45) is 0 Å². The van der Waals surface area contributed by atoms with Crippen LogP contribution in [0.3, 0.4) is 0 Å². The van der Waals surface area contributed by atoms with E-state index in [-0.39, 0.29) is 12.3 Å². The van der Waals surface area contributed by atoms with Crippen LogP contribution in [-0.2, 0) is 13.1 Å². The summed E-state index contributed by atoms with van der Waals surface area (Å²) >= 11 is 0. The van der Waals surface area contributed by atoms with E-state index in [1.54, 1.807) is 23.0 Å². The van der Waals surface area contributed by atoms with Crippen LogP contribution in [0.5, 0.6) is 11.5 Å². The first-order valence-electron chi connectivity index (χ1n) is 6.34. The van der Waals surface area contributed by atoms with E-state index in [2.05, 4.69) is 10.4 Å². The number of hydrogen-bond acceptors (Lipinski definition) is 4. The SMILES string of the molecule is COc1cc(CNc2cn(CCF)nc2C)ccc1O. The quantitative estimate of drug-likeness (QED) is 0.853. The highest BCUT2D eigenvalue weighted by Gasteiger charge is 2.06. The maximum atomic E-state index is 12.3. The van der Waals surface area contributed by atoms with Crippen LogP contribution in [0.25, 0.3) is 0 Å². The van der Waals surface area contributed by atoms with E-state index < -0.39 is 6.67 Å². The number of nitrogens with zero attached hydrogens (tertiary/aromatic N) is 2. The highest BCUT2D eigenvalue weighted by molar-refractivity contribution is 5.47. The van der Waals surface area contributed by atoms with Crippen molar-refractivity contribution < 1.29 is 14.2 Å². The van der Waals surface area contributed by atoms with Gasteiger partial charge in [-0.15, -0.1) is 0 Å². The summed E-state index contributed by atoms with van der Waals surface area (Å²) in [5.74, 6) is 0.553. The minimum Gasteiger partial charge on any atom is -0.504 e. The van der Waals surface area contributed by atoms with Crippen molar-refractivity contribution in [2.75, 3.05) is 19.1 Å². The lowest BCUT2D eigenvalue weighted by molar-refractivity contribution is 0.373. The number of alkyl halides is 1. The molecule has 0 aliphatic carbocycles. The fourth-order valence-electron chi connectivity index (χ4n) is 1.92. The number of hydrogen-bond donors (Lipinski definition) is 2. The summed E-state index contributed by atoms with van der Waals surface area (Å²) in [5.41, 5.74) is 2.66. The molecule has 0 atom stereocenters. The summed E-state index contributed by atoms with van der Waals surface area (Å²) in [6.07, 6.45) is 1.78. The fraction of sp³-hybridized carbons (Fsp3) is 0.357. The molecule has 108 valence electrons. The average molecular weight is 279 g/mol. The van der Waals surface area contributed by atoms with Gasteiger partial charge in [0, 0.05) is 12.7 Å². The largest absolute Gasteiger partial charge is 0.504 e. The molecule has 0 spiro atoms. The molecule has 20 heavy (non-hydrogen) atoms. The highest BCUT2D eigenvalue weighted by Crippen LogP contribution is 2.26. The maximum absolute atomic E-state index is 12.3. The van der Waals surface area contributed by atoms with Crippen LogP contribution in [0, 0.1) is 6.92 Å². The molecule has 0 unspecified atom stereocenters. The normalized spacial score (nSPS) is 10.6. The molecule has 0 radical (unpaired) electrons. The van der Waals surface area contributed by atoms with Crippen molar-refractivity contribution in [1.82, 2.24) is 9.78 Å². The lowest BCUT2D eigenvalue weighted by Crippen LogP contribution is -2.00. The van der Waals surface area contributed by atoms with Gasteiger partial charge in [0.1, 0.15) is 6.67 Å². The van der Waals surface area contributed by atoms with Gasteiger partial charge in [0.15, 0.2) is 11.5 Å². The molecule has 1 aromatic heterocycles. The molecule has 0 aliphatic heterocycles.